The van der Waals surface area contributed by atoms with E-state index in [0.29, 0.717) is 17.7 Å². The van der Waals surface area contributed by atoms with Crippen LogP contribution in [0.3, 0.4) is 0 Å². The van der Waals surface area contributed by atoms with Gasteiger partial charge in [-0.3, -0.25) is 0 Å². The highest BCUT2D eigenvalue weighted by Gasteiger charge is 2.51. The van der Waals surface area contributed by atoms with Gasteiger partial charge >= 0.3 is 0 Å². The lowest BCUT2D eigenvalue weighted by atomic mass is 10.2. The standard InChI is InChI=1S/C10H13NO2S/c1-8-3-2-4-9(7-8)14(12,13)10(11)5-6-10/h2-4,7H,5-6,11H2,1H3. The van der Waals surface area contributed by atoms with Crippen LogP contribution in [0.1, 0.15) is 18.4 Å². The van der Waals surface area contributed by atoms with Crippen LogP contribution in [-0.2, 0) is 9.84 Å². The summed E-state index contributed by atoms with van der Waals surface area (Å²) in [5.41, 5.74) is 6.66. The molecule has 1 fully saturated rings. The van der Waals surface area contributed by atoms with E-state index >= 15 is 0 Å². The van der Waals surface area contributed by atoms with Crippen molar-refractivity contribution < 1.29 is 8.42 Å². The largest absolute Gasteiger partial charge is 0.312 e. The van der Waals surface area contributed by atoms with Gasteiger partial charge in [0.25, 0.3) is 0 Å². The highest BCUT2D eigenvalue weighted by Crippen LogP contribution is 2.41. The Kier molecular flexibility index (Phi) is 1.94. The second-order valence-corrected chi connectivity index (χ2v) is 6.18. The average Bonchev–Trinajstić information content (AvgIpc) is 2.85. The molecule has 76 valence electrons. The molecule has 1 aromatic carbocycles. The van der Waals surface area contributed by atoms with Crippen molar-refractivity contribution in [2.45, 2.75) is 29.5 Å². The van der Waals surface area contributed by atoms with E-state index in [2.05, 4.69) is 0 Å². The first-order valence-corrected chi connectivity index (χ1v) is 6.04. The quantitative estimate of drug-likeness (QED) is 0.800. The third-order valence-electron chi connectivity index (χ3n) is 2.58. The van der Waals surface area contributed by atoms with Gasteiger partial charge in [0, 0.05) is 0 Å². The molecule has 14 heavy (non-hydrogen) atoms. The second-order valence-electron chi connectivity index (χ2n) is 3.88. The lowest BCUT2D eigenvalue weighted by Crippen LogP contribution is -2.32. The van der Waals surface area contributed by atoms with Crippen molar-refractivity contribution >= 4 is 9.84 Å². The number of rotatable bonds is 2. The van der Waals surface area contributed by atoms with Crippen molar-refractivity contribution in [1.82, 2.24) is 0 Å². The number of hydrogen-bond acceptors (Lipinski definition) is 3. The van der Waals surface area contributed by atoms with Crippen molar-refractivity contribution in [2.24, 2.45) is 5.73 Å². The Morgan fingerprint density at radius 3 is 2.50 bits per heavy atom. The second kappa shape index (κ2) is 2.81. The Hall–Kier alpha value is -0.870. The van der Waals surface area contributed by atoms with E-state index in [9.17, 15) is 8.42 Å². The molecule has 0 bridgehead atoms. The van der Waals surface area contributed by atoms with Crippen LogP contribution >= 0.6 is 0 Å². The molecule has 0 radical (unpaired) electrons. The Morgan fingerprint density at radius 2 is 2.00 bits per heavy atom. The zero-order valence-electron chi connectivity index (χ0n) is 8.03. The first-order chi connectivity index (χ1) is 6.46. The zero-order valence-corrected chi connectivity index (χ0v) is 8.84. The summed E-state index contributed by atoms with van der Waals surface area (Å²) in [5.74, 6) is 0. The number of hydrogen-bond donors (Lipinski definition) is 1. The summed E-state index contributed by atoms with van der Waals surface area (Å²) < 4.78 is 23.9. The molecule has 3 nitrogen and oxygen atoms in total. The minimum Gasteiger partial charge on any atom is -0.312 e. The van der Waals surface area contributed by atoms with Crippen molar-refractivity contribution in [3.63, 3.8) is 0 Å². The fourth-order valence-corrected chi connectivity index (χ4v) is 3.12. The number of nitrogens with two attached hydrogens (primary N) is 1. The monoisotopic (exact) mass is 211 g/mol. The molecule has 1 saturated carbocycles. The van der Waals surface area contributed by atoms with E-state index < -0.39 is 14.7 Å². The SMILES string of the molecule is Cc1cccc(S(=O)(=O)C2(N)CC2)c1. The van der Waals surface area contributed by atoms with Gasteiger partial charge in [-0.25, -0.2) is 8.42 Å². The van der Waals surface area contributed by atoms with Crippen LogP contribution in [0, 0.1) is 6.92 Å². The molecule has 0 unspecified atom stereocenters. The van der Waals surface area contributed by atoms with Gasteiger partial charge in [0.2, 0.25) is 0 Å². The number of sulfone groups is 1. The van der Waals surface area contributed by atoms with Crippen molar-refractivity contribution in [2.75, 3.05) is 0 Å². The molecule has 0 saturated heterocycles. The summed E-state index contributed by atoms with van der Waals surface area (Å²) in [6, 6.07) is 6.89. The number of aryl methyl sites for hydroxylation is 1. The molecule has 1 aliphatic rings. The maximum atomic E-state index is 11.9. The molecule has 0 aromatic heterocycles. The Morgan fingerprint density at radius 1 is 1.36 bits per heavy atom. The smallest absolute Gasteiger partial charge is 0.196 e. The molecule has 2 N–H and O–H groups in total. The molecule has 2 rings (SSSR count). The maximum Gasteiger partial charge on any atom is 0.196 e. The van der Waals surface area contributed by atoms with Crippen LogP contribution in [0.25, 0.3) is 0 Å². The van der Waals surface area contributed by atoms with Gasteiger partial charge in [-0.1, -0.05) is 12.1 Å². The van der Waals surface area contributed by atoms with Crippen LogP contribution in [0.15, 0.2) is 29.2 Å². The van der Waals surface area contributed by atoms with E-state index in [1.165, 1.54) is 0 Å². The third-order valence-corrected chi connectivity index (χ3v) is 4.93. The third kappa shape index (κ3) is 1.35. The van der Waals surface area contributed by atoms with Gasteiger partial charge in [-0.15, -0.1) is 0 Å². The molecule has 0 aliphatic heterocycles. The van der Waals surface area contributed by atoms with Crippen molar-refractivity contribution in [3.05, 3.63) is 29.8 Å². The van der Waals surface area contributed by atoms with E-state index in [1.54, 1.807) is 18.2 Å². The Balaban J connectivity index is 2.50. The van der Waals surface area contributed by atoms with Crippen LogP contribution in [0.5, 0.6) is 0 Å². The van der Waals surface area contributed by atoms with E-state index in [-0.39, 0.29) is 0 Å². The summed E-state index contributed by atoms with van der Waals surface area (Å²) in [5, 5.41) is 0. The topological polar surface area (TPSA) is 60.2 Å². The summed E-state index contributed by atoms with van der Waals surface area (Å²) in [6.07, 6.45) is 1.15. The zero-order chi connectivity index (χ0) is 10.4. The van der Waals surface area contributed by atoms with Gasteiger partial charge in [-0.2, -0.15) is 0 Å². The molecular weight excluding hydrogens is 198 g/mol. The minimum atomic E-state index is -3.31. The Labute approximate surface area is 83.9 Å². The molecule has 1 aliphatic carbocycles. The molecule has 1 aromatic rings. The lowest BCUT2D eigenvalue weighted by Gasteiger charge is -2.10. The van der Waals surface area contributed by atoms with Crippen LogP contribution in [-0.4, -0.2) is 13.3 Å². The van der Waals surface area contributed by atoms with Crippen LogP contribution in [0.4, 0.5) is 0 Å². The molecule has 4 heteroatoms. The van der Waals surface area contributed by atoms with Gasteiger partial charge in [-0.05, 0) is 37.5 Å². The fraction of sp³-hybridized carbons (Fsp3) is 0.400. The summed E-state index contributed by atoms with van der Waals surface area (Å²) in [7, 11) is -3.31. The first kappa shape index (κ1) is 9.68. The predicted octanol–water partition coefficient (Wildman–Crippen LogP) is 1.22. The maximum absolute atomic E-state index is 11.9. The highest BCUT2D eigenvalue weighted by molar-refractivity contribution is 7.93. The molecule has 0 amide bonds. The first-order valence-electron chi connectivity index (χ1n) is 4.56. The average molecular weight is 211 g/mol. The summed E-state index contributed by atoms with van der Waals surface area (Å²) in [6.45, 7) is 1.87. The summed E-state index contributed by atoms with van der Waals surface area (Å²) in [4.78, 5) is -0.640. The Bertz CT molecular complexity index is 461. The highest BCUT2D eigenvalue weighted by atomic mass is 32.2. The van der Waals surface area contributed by atoms with Gasteiger partial charge < -0.3 is 5.73 Å². The molecule has 0 spiro atoms. The molecule has 0 atom stereocenters. The predicted molar refractivity (Wildman–Crippen MR) is 54.5 cm³/mol. The van der Waals surface area contributed by atoms with Crippen LogP contribution < -0.4 is 5.73 Å². The van der Waals surface area contributed by atoms with E-state index in [4.69, 9.17) is 5.73 Å². The summed E-state index contributed by atoms with van der Waals surface area (Å²) >= 11 is 0. The fourth-order valence-electron chi connectivity index (χ4n) is 1.41. The van der Waals surface area contributed by atoms with Gasteiger partial charge in [0.15, 0.2) is 9.84 Å². The number of benzene rings is 1. The van der Waals surface area contributed by atoms with Gasteiger partial charge in [0.1, 0.15) is 4.87 Å². The van der Waals surface area contributed by atoms with E-state index in [0.717, 1.165) is 5.56 Å². The van der Waals surface area contributed by atoms with E-state index in [1.807, 2.05) is 13.0 Å². The van der Waals surface area contributed by atoms with Crippen LogP contribution in [0.2, 0.25) is 0 Å². The minimum absolute atomic E-state index is 0.345. The van der Waals surface area contributed by atoms with Gasteiger partial charge in [0.05, 0.1) is 4.90 Å². The van der Waals surface area contributed by atoms with Crippen molar-refractivity contribution in [3.8, 4) is 0 Å². The molecular formula is C10H13NO2S. The van der Waals surface area contributed by atoms with Crippen molar-refractivity contribution in [1.29, 1.82) is 0 Å². The molecule has 0 heterocycles. The lowest BCUT2D eigenvalue weighted by molar-refractivity contribution is 0.579. The normalized spacial score (nSPS) is 19.3.